The van der Waals surface area contributed by atoms with Gasteiger partial charge in [-0.3, -0.25) is 9.78 Å². The van der Waals surface area contributed by atoms with Crippen molar-refractivity contribution < 1.29 is 9.18 Å². The molecule has 2 aliphatic rings. The van der Waals surface area contributed by atoms with E-state index >= 15 is 0 Å². The van der Waals surface area contributed by atoms with E-state index in [0.29, 0.717) is 17.5 Å². The highest BCUT2D eigenvalue weighted by Crippen LogP contribution is 2.40. The monoisotopic (exact) mass is 384 g/mol. The molecule has 2 aromatic heterocycles. The van der Waals surface area contributed by atoms with Gasteiger partial charge in [0.05, 0.1) is 17.4 Å². The summed E-state index contributed by atoms with van der Waals surface area (Å²) in [4.78, 5) is 20.4. The molecule has 6 N–H and O–H groups in total. The summed E-state index contributed by atoms with van der Waals surface area (Å²) in [5.74, 6) is -0.173. The molecule has 0 saturated heterocycles. The second-order valence-electron chi connectivity index (χ2n) is 7.85. The number of primary amides is 1. The van der Waals surface area contributed by atoms with Gasteiger partial charge in [-0.1, -0.05) is 0 Å². The van der Waals surface area contributed by atoms with Crippen molar-refractivity contribution in [3.63, 3.8) is 0 Å². The quantitative estimate of drug-likeness (QED) is 0.556. The summed E-state index contributed by atoms with van der Waals surface area (Å²) in [5.41, 5.74) is 13.3. The normalized spacial score (nSPS) is 18.4. The maximum Gasteiger partial charge on any atom is 0.252 e. The molecular formula is C20H25FN6O. The first-order chi connectivity index (χ1) is 13.4. The van der Waals surface area contributed by atoms with E-state index in [0.717, 1.165) is 37.3 Å². The van der Waals surface area contributed by atoms with Crippen LogP contribution in [0, 0.1) is 11.7 Å². The van der Waals surface area contributed by atoms with Gasteiger partial charge in [0.15, 0.2) is 11.6 Å². The Kier molecular flexibility index (Phi) is 4.89. The number of nitrogens with zero attached hydrogens (tertiary/aromatic N) is 2. The molecule has 8 heteroatoms. The number of amides is 1. The summed E-state index contributed by atoms with van der Waals surface area (Å²) in [6, 6.07) is 2.86. The van der Waals surface area contributed by atoms with Gasteiger partial charge in [-0.2, -0.15) is 0 Å². The third kappa shape index (κ3) is 4.06. The van der Waals surface area contributed by atoms with Gasteiger partial charge < -0.3 is 22.1 Å². The number of pyridine rings is 2. The van der Waals surface area contributed by atoms with Gasteiger partial charge in [0.2, 0.25) is 0 Å². The predicted octanol–water partition coefficient (Wildman–Crippen LogP) is 2.87. The molecule has 7 nitrogen and oxygen atoms in total. The van der Waals surface area contributed by atoms with Gasteiger partial charge in [0, 0.05) is 18.3 Å². The summed E-state index contributed by atoms with van der Waals surface area (Å²) < 4.78 is 14.6. The van der Waals surface area contributed by atoms with E-state index in [4.69, 9.17) is 11.5 Å². The highest BCUT2D eigenvalue weighted by Gasteiger charge is 2.34. The van der Waals surface area contributed by atoms with Crippen molar-refractivity contribution in [2.24, 2.45) is 17.4 Å². The molecule has 2 aromatic rings. The van der Waals surface area contributed by atoms with Crippen molar-refractivity contribution in [3.05, 3.63) is 41.5 Å². The number of hydrogen-bond donors (Lipinski definition) is 4. The highest BCUT2D eigenvalue weighted by atomic mass is 19.1. The molecule has 1 amide bonds. The van der Waals surface area contributed by atoms with Crippen LogP contribution in [0.2, 0.25) is 0 Å². The number of hydrogen-bond acceptors (Lipinski definition) is 6. The molecule has 0 aliphatic heterocycles. The van der Waals surface area contributed by atoms with Crippen LogP contribution >= 0.6 is 0 Å². The largest absolute Gasteiger partial charge is 0.365 e. The van der Waals surface area contributed by atoms with Crippen LogP contribution in [0.3, 0.4) is 0 Å². The van der Waals surface area contributed by atoms with Crippen LogP contribution in [0.5, 0.6) is 0 Å². The minimum Gasteiger partial charge on any atom is -0.365 e. The SMILES string of the molecule is C[C@H](N)[C@H](Nc1nc(Nc2cncc(C3CC3)c2)c(C(N)=O)cc1F)C1CC1. The van der Waals surface area contributed by atoms with Crippen LogP contribution in [0.25, 0.3) is 0 Å². The first-order valence-electron chi connectivity index (χ1n) is 9.67. The maximum absolute atomic E-state index is 14.6. The van der Waals surface area contributed by atoms with Crippen molar-refractivity contribution in [2.75, 3.05) is 10.6 Å². The zero-order valence-corrected chi connectivity index (χ0v) is 15.8. The predicted molar refractivity (Wildman–Crippen MR) is 106 cm³/mol. The van der Waals surface area contributed by atoms with Gasteiger partial charge in [0.25, 0.3) is 5.91 Å². The van der Waals surface area contributed by atoms with Gasteiger partial charge in [-0.25, -0.2) is 9.37 Å². The van der Waals surface area contributed by atoms with E-state index in [1.165, 1.54) is 0 Å². The lowest BCUT2D eigenvalue weighted by molar-refractivity contribution is 0.100. The summed E-state index contributed by atoms with van der Waals surface area (Å²) in [6.07, 6.45) is 7.91. The van der Waals surface area contributed by atoms with E-state index < -0.39 is 11.7 Å². The van der Waals surface area contributed by atoms with Gasteiger partial charge >= 0.3 is 0 Å². The number of rotatable bonds is 8. The zero-order valence-electron chi connectivity index (χ0n) is 15.8. The van der Waals surface area contributed by atoms with Crippen LogP contribution < -0.4 is 22.1 Å². The fraction of sp³-hybridized carbons (Fsp3) is 0.450. The molecule has 0 spiro atoms. The summed E-state index contributed by atoms with van der Waals surface area (Å²) >= 11 is 0. The molecule has 0 radical (unpaired) electrons. The number of halogens is 1. The van der Waals surface area contributed by atoms with Crippen LogP contribution in [-0.2, 0) is 0 Å². The Morgan fingerprint density at radius 1 is 1.21 bits per heavy atom. The van der Waals surface area contributed by atoms with E-state index in [2.05, 4.69) is 20.6 Å². The molecule has 2 fully saturated rings. The fourth-order valence-corrected chi connectivity index (χ4v) is 3.47. The van der Waals surface area contributed by atoms with Crippen molar-refractivity contribution >= 4 is 23.2 Å². The van der Waals surface area contributed by atoms with Crippen LogP contribution in [-0.4, -0.2) is 28.0 Å². The number of nitrogens with two attached hydrogens (primary N) is 2. The van der Waals surface area contributed by atoms with E-state index in [-0.39, 0.29) is 29.3 Å². The molecule has 2 heterocycles. The molecule has 28 heavy (non-hydrogen) atoms. The lowest BCUT2D eigenvalue weighted by atomic mass is 10.1. The molecule has 0 unspecified atom stereocenters. The number of carbonyl (C=O) groups is 1. The number of anilines is 3. The van der Waals surface area contributed by atoms with E-state index in [1.54, 1.807) is 6.20 Å². The lowest BCUT2D eigenvalue weighted by Gasteiger charge is -2.23. The van der Waals surface area contributed by atoms with Crippen molar-refractivity contribution in [1.82, 2.24) is 9.97 Å². The summed E-state index contributed by atoms with van der Waals surface area (Å²) in [7, 11) is 0. The molecule has 4 rings (SSSR count). The van der Waals surface area contributed by atoms with E-state index in [1.807, 2.05) is 19.2 Å². The Morgan fingerprint density at radius 3 is 2.57 bits per heavy atom. The van der Waals surface area contributed by atoms with E-state index in [9.17, 15) is 9.18 Å². The molecular weight excluding hydrogens is 359 g/mol. The molecule has 2 saturated carbocycles. The Hall–Kier alpha value is -2.74. The highest BCUT2D eigenvalue weighted by molar-refractivity contribution is 5.98. The third-order valence-electron chi connectivity index (χ3n) is 5.31. The Labute approximate surface area is 163 Å². The van der Waals surface area contributed by atoms with Gasteiger partial charge in [-0.15, -0.1) is 0 Å². The van der Waals surface area contributed by atoms with Gasteiger partial charge in [-0.05, 0) is 62.1 Å². The third-order valence-corrected chi connectivity index (χ3v) is 5.31. The average molecular weight is 384 g/mol. The summed E-state index contributed by atoms with van der Waals surface area (Å²) in [5, 5.41) is 6.20. The average Bonchev–Trinajstić information content (AvgIpc) is 3.54. The van der Waals surface area contributed by atoms with Crippen LogP contribution in [0.1, 0.15) is 54.4 Å². The Bertz CT molecular complexity index is 892. The first-order valence-corrected chi connectivity index (χ1v) is 9.67. The Morgan fingerprint density at radius 2 is 1.96 bits per heavy atom. The molecule has 0 aromatic carbocycles. The molecule has 148 valence electrons. The maximum atomic E-state index is 14.6. The standard InChI is InChI=1S/C20H25FN6O/c1-10(22)17(12-4-5-12)26-20-16(21)7-15(18(23)28)19(27-20)25-14-6-13(8-24-9-14)11-2-3-11/h6-12,17H,2-5,22H2,1H3,(H2,23,28)(H2,25,26,27)/t10-,17-/m0/s1. The number of nitrogens with one attached hydrogen (secondary N) is 2. The second kappa shape index (κ2) is 7.35. The minimum atomic E-state index is -0.752. The van der Waals surface area contributed by atoms with Crippen molar-refractivity contribution in [2.45, 2.75) is 50.6 Å². The number of aromatic nitrogens is 2. The molecule has 2 aliphatic carbocycles. The first kappa shape index (κ1) is 18.6. The lowest BCUT2D eigenvalue weighted by Crippen LogP contribution is -2.40. The van der Waals surface area contributed by atoms with Crippen molar-refractivity contribution in [3.8, 4) is 0 Å². The zero-order chi connectivity index (χ0) is 19.8. The van der Waals surface area contributed by atoms with Crippen LogP contribution in [0.4, 0.5) is 21.7 Å². The topological polar surface area (TPSA) is 119 Å². The summed E-state index contributed by atoms with van der Waals surface area (Å²) in [6.45, 7) is 1.89. The fourth-order valence-electron chi connectivity index (χ4n) is 3.47. The molecule has 2 atom stereocenters. The van der Waals surface area contributed by atoms with Crippen molar-refractivity contribution in [1.29, 1.82) is 0 Å². The molecule has 0 bridgehead atoms. The van der Waals surface area contributed by atoms with Gasteiger partial charge in [0.1, 0.15) is 5.82 Å². The smallest absolute Gasteiger partial charge is 0.252 e. The minimum absolute atomic E-state index is 0.0105. The van der Waals surface area contributed by atoms with Crippen LogP contribution in [0.15, 0.2) is 24.5 Å². The Balaban J connectivity index is 1.64. The number of carbonyl (C=O) groups excluding carboxylic acids is 1. The second-order valence-corrected chi connectivity index (χ2v) is 7.85.